The average molecular weight is 461 g/mol. The number of benzene rings is 2. The molecule has 0 saturated carbocycles. The Hall–Kier alpha value is -4.18. The molecule has 4 aromatic rings. The average Bonchev–Trinajstić information content (AvgIpc) is 3.27. The van der Waals surface area contributed by atoms with Gasteiger partial charge in [-0.2, -0.15) is 0 Å². The van der Waals surface area contributed by atoms with Gasteiger partial charge in [0.05, 0.1) is 24.1 Å². The van der Waals surface area contributed by atoms with Crippen molar-refractivity contribution in [2.45, 2.75) is 5.16 Å². The van der Waals surface area contributed by atoms with E-state index in [1.54, 1.807) is 43.8 Å². The van der Waals surface area contributed by atoms with Crippen LogP contribution in [0.5, 0.6) is 5.75 Å². The predicted molar refractivity (Wildman–Crippen MR) is 125 cm³/mol. The number of hydrogen-bond donors (Lipinski definition) is 2. The molecule has 2 aromatic heterocycles. The van der Waals surface area contributed by atoms with Crippen LogP contribution in [0.2, 0.25) is 0 Å². The number of nitrogens with one attached hydrogen (secondary N) is 1. The van der Waals surface area contributed by atoms with Crippen LogP contribution in [0.4, 0.5) is 5.69 Å². The second kappa shape index (κ2) is 9.96. The number of primary amides is 1. The highest BCUT2D eigenvalue weighted by Crippen LogP contribution is 2.29. The molecule has 0 atom stereocenters. The van der Waals surface area contributed by atoms with Crippen LogP contribution in [0.15, 0.2) is 78.2 Å². The van der Waals surface area contributed by atoms with E-state index in [0.717, 1.165) is 17.0 Å². The van der Waals surface area contributed by atoms with E-state index in [9.17, 15) is 9.59 Å². The van der Waals surface area contributed by atoms with Gasteiger partial charge in [0.15, 0.2) is 11.0 Å². The van der Waals surface area contributed by atoms with Crippen LogP contribution < -0.4 is 15.8 Å². The fourth-order valence-corrected chi connectivity index (χ4v) is 3.89. The van der Waals surface area contributed by atoms with Gasteiger partial charge >= 0.3 is 0 Å². The molecule has 0 aliphatic rings. The van der Waals surface area contributed by atoms with E-state index < -0.39 is 5.91 Å². The fourth-order valence-electron chi connectivity index (χ4n) is 3.14. The lowest BCUT2D eigenvalue weighted by atomic mass is 10.1. The molecule has 3 N–H and O–H groups in total. The van der Waals surface area contributed by atoms with Crippen molar-refractivity contribution in [3.8, 4) is 22.8 Å². The van der Waals surface area contributed by atoms with Crippen molar-refractivity contribution in [2.24, 2.45) is 5.73 Å². The van der Waals surface area contributed by atoms with E-state index in [1.165, 1.54) is 11.8 Å². The maximum Gasteiger partial charge on any atom is 0.250 e. The molecule has 0 bridgehead atoms. The highest BCUT2D eigenvalue weighted by molar-refractivity contribution is 7.99. The number of nitrogens with zero attached hydrogens (tertiary/aromatic N) is 4. The molecule has 2 heterocycles. The Bertz CT molecular complexity index is 1280. The van der Waals surface area contributed by atoms with Gasteiger partial charge in [0.2, 0.25) is 5.91 Å². The molecular formula is C23H20N6O3S. The van der Waals surface area contributed by atoms with Gasteiger partial charge in [-0.25, -0.2) is 0 Å². The van der Waals surface area contributed by atoms with Gasteiger partial charge in [0.1, 0.15) is 5.75 Å². The van der Waals surface area contributed by atoms with Crippen molar-refractivity contribution in [3.05, 3.63) is 78.6 Å². The van der Waals surface area contributed by atoms with E-state index in [1.807, 2.05) is 41.0 Å². The minimum absolute atomic E-state index is 0.0533. The van der Waals surface area contributed by atoms with E-state index in [2.05, 4.69) is 20.5 Å². The second-order valence-electron chi connectivity index (χ2n) is 6.82. The van der Waals surface area contributed by atoms with Crippen molar-refractivity contribution in [1.29, 1.82) is 0 Å². The summed E-state index contributed by atoms with van der Waals surface area (Å²) < 4.78 is 7.12. The molecule has 4 rings (SSSR count). The molecule has 0 unspecified atom stereocenters. The molecule has 2 amide bonds. The van der Waals surface area contributed by atoms with Gasteiger partial charge in [0.25, 0.3) is 5.91 Å². The van der Waals surface area contributed by atoms with Gasteiger partial charge in [-0.15, -0.1) is 10.2 Å². The molecular weight excluding hydrogens is 440 g/mol. The Morgan fingerprint density at radius 1 is 1.03 bits per heavy atom. The summed E-state index contributed by atoms with van der Waals surface area (Å²) in [5, 5.41) is 11.9. The van der Waals surface area contributed by atoms with Gasteiger partial charge < -0.3 is 15.8 Å². The number of aromatic nitrogens is 4. The number of pyridine rings is 1. The van der Waals surface area contributed by atoms with Crippen molar-refractivity contribution in [3.63, 3.8) is 0 Å². The first-order valence-electron chi connectivity index (χ1n) is 9.88. The quantitative estimate of drug-likeness (QED) is 0.387. The first-order chi connectivity index (χ1) is 16.1. The maximum absolute atomic E-state index is 12.6. The lowest BCUT2D eigenvalue weighted by Crippen LogP contribution is -2.19. The summed E-state index contributed by atoms with van der Waals surface area (Å²) in [5.41, 5.74) is 7.65. The topological polar surface area (TPSA) is 125 Å². The summed E-state index contributed by atoms with van der Waals surface area (Å²) in [6.45, 7) is 0. The van der Waals surface area contributed by atoms with E-state index in [4.69, 9.17) is 10.5 Å². The third-order valence-corrected chi connectivity index (χ3v) is 5.63. The number of thioether (sulfide) groups is 1. The van der Waals surface area contributed by atoms with Crippen LogP contribution in [0, 0.1) is 0 Å². The van der Waals surface area contributed by atoms with Crippen LogP contribution in [0.3, 0.4) is 0 Å². The minimum atomic E-state index is -0.611. The van der Waals surface area contributed by atoms with Crippen LogP contribution >= 0.6 is 11.8 Å². The van der Waals surface area contributed by atoms with Crippen molar-refractivity contribution in [1.82, 2.24) is 19.7 Å². The largest absolute Gasteiger partial charge is 0.497 e. The summed E-state index contributed by atoms with van der Waals surface area (Å²) in [4.78, 5) is 28.3. The smallest absolute Gasteiger partial charge is 0.250 e. The number of hydrogen-bond acceptors (Lipinski definition) is 7. The van der Waals surface area contributed by atoms with Crippen LogP contribution in [-0.2, 0) is 4.79 Å². The lowest BCUT2D eigenvalue weighted by Gasteiger charge is -2.11. The number of carbonyl (C=O) groups is 2. The highest BCUT2D eigenvalue weighted by Gasteiger charge is 2.18. The first kappa shape index (κ1) is 22.0. The van der Waals surface area contributed by atoms with Gasteiger partial charge in [-0.3, -0.25) is 19.1 Å². The van der Waals surface area contributed by atoms with Crippen molar-refractivity contribution in [2.75, 3.05) is 18.2 Å². The molecule has 0 aliphatic heterocycles. The van der Waals surface area contributed by atoms with Gasteiger partial charge in [-0.05, 0) is 48.5 Å². The van der Waals surface area contributed by atoms with Crippen LogP contribution in [0.25, 0.3) is 17.1 Å². The minimum Gasteiger partial charge on any atom is -0.497 e. The Kier molecular flexibility index (Phi) is 6.65. The molecule has 10 heteroatoms. The van der Waals surface area contributed by atoms with Gasteiger partial charge in [0, 0.05) is 23.6 Å². The number of rotatable bonds is 8. The first-order valence-corrected chi connectivity index (χ1v) is 10.9. The van der Waals surface area contributed by atoms with Crippen molar-refractivity contribution < 1.29 is 14.3 Å². The monoisotopic (exact) mass is 460 g/mol. The third kappa shape index (κ3) is 5.01. The number of amides is 2. The molecule has 0 spiro atoms. The normalized spacial score (nSPS) is 10.6. The summed E-state index contributed by atoms with van der Waals surface area (Å²) in [6, 6.07) is 17.7. The maximum atomic E-state index is 12.6. The van der Waals surface area contributed by atoms with E-state index in [0.29, 0.717) is 16.7 Å². The Balaban J connectivity index is 1.59. The molecule has 9 nitrogen and oxygen atoms in total. The number of carbonyl (C=O) groups excluding carboxylic acids is 2. The fraction of sp³-hybridized carbons (Fsp3) is 0.0870. The zero-order chi connectivity index (χ0) is 23.2. The Labute approximate surface area is 194 Å². The summed E-state index contributed by atoms with van der Waals surface area (Å²) in [5.74, 6) is 0.476. The Morgan fingerprint density at radius 3 is 2.45 bits per heavy atom. The molecule has 0 saturated heterocycles. The van der Waals surface area contributed by atoms with E-state index in [-0.39, 0.29) is 17.2 Å². The number of nitrogens with two attached hydrogens (primary N) is 1. The molecule has 0 fully saturated rings. The number of methoxy groups -OCH3 is 1. The highest BCUT2D eigenvalue weighted by atomic mass is 32.2. The second-order valence-corrected chi connectivity index (χ2v) is 7.76. The number of para-hydroxylation sites is 1. The molecule has 33 heavy (non-hydrogen) atoms. The van der Waals surface area contributed by atoms with Crippen LogP contribution in [-0.4, -0.2) is 44.4 Å². The third-order valence-electron chi connectivity index (χ3n) is 4.70. The SMILES string of the molecule is COc1ccc(-n2c(SCC(=O)Nc3ccccc3C(N)=O)nnc2-c2ccncc2)cc1. The standard InChI is InChI=1S/C23H20N6O3S/c1-32-17-8-6-16(7-9-17)29-22(15-10-12-25-13-11-15)27-28-23(29)33-14-20(30)26-19-5-3-2-4-18(19)21(24)31/h2-13H,14H2,1H3,(H2,24,31)(H,26,30). The molecule has 0 radical (unpaired) electrons. The zero-order valence-corrected chi connectivity index (χ0v) is 18.5. The Morgan fingerprint density at radius 2 is 1.76 bits per heavy atom. The van der Waals surface area contributed by atoms with Crippen LogP contribution in [0.1, 0.15) is 10.4 Å². The van der Waals surface area contributed by atoms with E-state index >= 15 is 0 Å². The van der Waals surface area contributed by atoms with Crippen molar-refractivity contribution >= 4 is 29.3 Å². The number of ether oxygens (including phenoxy) is 1. The zero-order valence-electron chi connectivity index (χ0n) is 17.6. The molecule has 2 aromatic carbocycles. The lowest BCUT2D eigenvalue weighted by molar-refractivity contribution is -0.113. The predicted octanol–water partition coefficient (Wildman–Crippen LogP) is 3.17. The number of anilines is 1. The summed E-state index contributed by atoms with van der Waals surface area (Å²) in [6.07, 6.45) is 3.36. The van der Waals surface area contributed by atoms with Gasteiger partial charge in [-0.1, -0.05) is 23.9 Å². The summed E-state index contributed by atoms with van der Waals surface area (Å²) >= 11 is 1.22. The molecule has 166 valence electrons. The summed E-state index contributed by atoms with van der Waals surface area (Å²) in [7, 11) is 1.60. The molecule has 0 aliphatic carbocycles.